The van der Waals surface area contributed by atoms with Crippen LogP contribution < -0.4 is 25.8 Å². The summed E-state index contributed by atoms with van der Waals surface area (Å²) in [7, 11) is 0. The number of rotatable bonds is 6. The summed E-state index contributed by atoms with van der Waals surface area (Å²) in [6.45, 7) is 5.67. The van der Waals surface area contributed by atoms with Gasteiger partial charge < -0.3 is 25.8 Å². The minimum absolute atomic E-state index is 0.136. The van der Waals surface area contributed by atoms with Gasteiger partial charge >= 0.3 is 0 Å². The lowest BCUT2D eigenvalue weighted by Crippen LogP contribution is -2.51. The van der Waals surface area contributed by atoms with E-state index in [-0.39, 0.29) is 28.7 Å². The van der Waals surface area contributed by atoms with Crippen LogP contribution in [0.2, 0.25) is 5.02 Å². The molecule has 2 atom stereocenters. The number of hydrogen-bond acceptors (Lipinski definition) is 6. The third-order valence-corrected chi connectivity index (χ3v) is 5.15. The molecule has 11 heteroatoms. The van der Waals surface area contributed by atoms with Crippen LogP contribution in [0.15, 0.2) is 48.7 Å². The molecule has 1 amide bonds. The third-order valence-electron chi connectivity index (χ3n) is 4.60. The van der Waals surface area contributed by atoms with Crippen molar-refractivity contribution in [3.63, 3.8) is 0 Å². The fourth-order valence-electron chi connectivity index (χ4n) is 3.23. The molecule has 162 valence electrons. The van der Waals surface area contributed by atoms with E-state index >= 15 is 0 Å². The monoisotopic (exact) mass is 461 g/mol. The molecule has 0 spiro atoms. The van der Waals surface area contributed by atoms with Crippen LogP contribution in [0.4, 0.5) is 11.4 Å². The second-order valence-electron chi connectivity index (χ2n) is 6.61. The maximum absolute atomic E-state index is 13.1. The van der Waals surface area contributed by atoms with E-state index in [0.29, 0.717) is 10.7 Å². The number of carbonyl (C=O) groups excluding carboxylic acids is 1. The number of nitrogens with one attached hydrogen (secondary N) is 3. The van der Waals surface area contributed by atoms with Crippen LogP contribution in [-0.2, 0) is 4.79 Å². The summed E-state index contributed by atoms with van der Waals surface area (Å²) in [5.74, 6) is -2.44. The Hall–Kier alpha value is -3.37. The zero-order valence-corrected chi connectivity index (χ0v) is 17.9. The van der Waals surface area contributed by atoms with E-state index in [9.17, 15) is 20.0 Å². The Balaban J connectivity index is 2.05. The molecule has 2 aromatic rings. The molecule has 3 N–H and O–H groups in total. The summed E-state index contributed by atoms with van der Waals surface area (Å²) < 4.78 is 5.29. The van der Waals surface area contributed by atoms with Gasteiger partial charge in [-0.3, -0.25) is 14.9 Å². The SMILES string of the molecule is C=C1NC(=S)N[C@@H](c2cc(OCC)c([O-])c([N+](=O)[O-])c2)[C@H]1C(=O)Nc1ccccc1Cl. The van der Waals surface area contributed by atoms with E-state index in [1.165, 1.54) is 6.07 Å². The Morgan fingerprint density at radius 1 is 1.39 bits per heavy atom. The summed E-state index contributed by atoms with van der Waals surface area (Å²) in [4.78, 5) is 23.8. The Kier molecular flexibility index (Phi) is 6.62. The Morgan fingerprint density at radius 2 is 2.10 bits per heavy atom. The van der Waals surface area contributed by atoms with Crippen molar-refractivity contribution < 1.29 is 19.6 Å². The summed E-state index contributed by atoms with van der Waals surface area (Å²) in [6, 6.07) is 8.33. The number of halogens is 1. The average molecular weight is 462 g/mol. The molecule has 1 fully saturated rings. The molecule has 1 aliphatic heterocycles. The smallest absolute Gasteiger partial charge is 0.265 e. The quantitative estimate of drug-likeness (QED) is 0.340. The van der Waals surface area contributed by atoms with Gasteiger partial charge in [-0.1, -0.05) is 30.3 Å². The molecular weight excluding hydrogens is 444 g/mol. The van der Waals surface area contributed by atoms with Crippen LogP contribution in [0, 0.1) is 16.0 Å². The van der Waals surface area contributed by atoms with Gasteiger partial charge in [0.2, 0.25) is 5.91 Å². The second-order valence-corrected chi connectivity index (χ2v) is 7.42. The van der Waals surface area contributed by atoms with E-state index in [0.717, 1.165) is 6.07 Å². The molecule has 0 unspecified atom stereocenters. The van der Waals surface area contributed by atoms with E-state index < -0.39 is 34.2 Å². The average Bonchev–Trinajstić information content (AvgIpc) is 2.70. The first-order valence-electron chi connectivity index (χ1n) is 9.16. The molecule has 0 radical (unpaired) electrons. The molecule has 1 aliphatic rings. The van der Waals surface area contributed by atoms with E-state index in [2.05, 4.69) is 22.5 Å². The lowest BCUT2D eigenvalue weighted by molar-refractivity contribution is -0.398. The molecule has 0 aliphatic carbocycles. The topological polar surface area (TPSA) is 129 Å². The van der Waals surface area contributed by atoms with Crippen LogP contribution >= 0.6 is 23.8 Å². The molecule has 2 aromatic carbocycles. The lowest BCUT2D eigenvalue weighted by atomic mass is 9.87. The second kappa shape index (κ2) is 9.19. The molecule has 3 rings (SSSR count). The van der Waals surface area contributed by atoms with Crippen molar-refractivity contribution in [2.24, 2.45) is 5.92 Å². The number of carbonyl (C=O) groups is 1. The van der Waals surface area contributed by atoms with Crippen LogP contribution in [0.5, 0.6) is 11.5 Å². The number of amides is 1. The molecule has 0 saturated carbocycles. The zero-order valence-electron chi connectivity index (χ0n) is 16.3. The molecule has 0 bridgehead atoms. The summed E-state index contributed by atoms with van der Waals surface area (Å²) in [5, 5.41) is 32.7. The standard InChI is InChI=1S/C20H19ClN4O5S/c1-3-30-15-9-11(8-14(18(15)26)25(28)29)17-16(10(2)22-20(31)24-17)19(27)23-13-7-5-4-6-12(13)21/h4-9,16-17,26H,2-3H2,1H3,(H,23,27)(H2,22,24,31)/p-1/t16-,17-/m0/s1. The van der Waals surface area contributed by atoms with Crippen LogP contribution in [0.25, 0.3) is 0 Å². The minimum atomic E-state index is -0.936. The number of benzene rings is 2. The van der Waals surface area contributed by atoms with Gasteiger partial charge in [-0.05, 0) is 42.9 Å². The number of nitro groups is 1. The van der Waals surface area contributed by atoms with Gasteiger partial charge in [0, 0.05) is 17.5 Å². The van der Waals surface area contributed by atoms with Crippen molar-refractivity contribution in [2.45, 2.75) is 13.0 Å². The van der Waals surface area contributed by atoms with E-state index in [1.807, 2.05) is 0 Å². The third kappa shape index (κ3) is 4.70. The van der Waals surface area contributed by atoms with Gasteiger partial charge in [-0.2, -0.15) is 0 Å². The highest BCUT2D eigenvalue weighted by atomic mass is 35.5. The first-order valence-corrected chi connectivity index (χ1v) is 9.95. The van der Waals surface area contributed by atoms with Crippen molar-refractivity contribution in [3.05, 3.63) is 69.4 Å². The molecule has 0 aromatic heterocycles. The van der Waals surface area contributed by atoms with Crippen LogP contribution in [0.1, 0.15) is 18.5 Å². The van der Waals surface area contributed by atoms with E-state index in [4.69, 9.17) is 28.6 Å². The number of ether oxygens (including phenoxy) is 1. The summed E-state index contributed by atoms with van der Waals surface area (Å²) in [6.07, 6.45) is 0. The fraction of sp³-hybridized carbons (Fsp3) is 0.200. The largest absolute Gasteiger partial charge is 0.865 e. The van der Waals surface area contributed by atoms with Gasteiger partial charge in [0.15, 0.2) is 5.11 Å². The highest BCUT2D eigenvalue weighted by Crippen LogP contribution is 2.40. The van der Waals surface area contributed by atoms with Crippen molar-refractivity contribution in [3.8, 4) is 11.5 Å². The number of nitro benzene ring substituents is 1. The van der Waals surface area contributed by atoms with Crippen LogP contribution in [0.3, 0.4) is 0 Å². The van der Waals surface area contributed by atoms with Crippen molar-refractivity contribution in [2.75, 3.05) is 11.9 Å². The van der Waals surface area contributed by atoms with E-state index in [1.54, 1.807) is 31.2 Å². The Morgan fingerprint density at radius 3 is 2.74 bits per heavy atom. The fourth-order valence-corrected chi connectivity index (χ4v) is 3.67. The Bertz CT molecular complexity index is 1080. The molecule has 9 nitrogen and oxygen atoms in total. The Labute approximate surface area is 188 Å². The normalized spacial score (nSPS) is 18.0. The molecule has 1 heterocycles. The zero-order chi connectivity index (χ0) is 22.7. The number of para-hydroxylation sites is 1. The number of nitrogens with zero attached hydrogens (tertiary/aromatic N) is 1. The first-order chi connectivity index (χ1) is 14.7. The maximum atomic E-state index is 13.1. The lowest BCUT2D eigenvalue weighted by Gasteiger charge is -2.35. The number of thiocarbonyl (C=S) groups is 1. The minimum Gasteiger partial charge on any atom is -0.865 e. The first kappa shape index (κ1) is 22.3. The van der Waals surface area contributed by atoms with Gasteiger partial charge in [0.1, 0.15) is 11.7 Å². The summed E-state index contributed by atoms with van der Waals surface area (Å²) >= 11 is 11.3. The number of hydrogen-bond donors (Lipinski definition) is 3. The predicted molar refractivity (Wildman–Crippen MR) is 118 cm³/mol. The van der Waals surface area contributed by atoms with Crippen molar-refractivity contribution in [1.82, 2.24) is 10.6 Å². The molecule has 31 heavy (non-hydrogen) atoms. The number of anilines is 1. The van der Waals surface area contributed by atoms with Crippen molar-refractivity contribution in [1.29, 1.82) is 0 Å². The molecular formula is C20H18ClN4O5S-. The predicted octanol–water partition coefficient (Wildman–Crippen LogP) is 3.01. The van der Waals surface area contributed by atoms with Gasteiger partial charge in [-0.15, -0.1) is 0 Å². The van der Waals surface area contributed by atoms with Gasteiger partial charge in [-0.25, -0.2) is 0 Å². The van der Waals surface area contributed by atoms with Gasteiger partial charge in [0.05, 0.1) is 28.3 Å². The summed E-state index contributed by atoms with van der Waals surface area (Å²) in [5.41, 5.74) is 0.289. The molecule has 1 saturated heterocycles. The van der Waals surface area contributed by atoms with Gasteiger partial charge in [0.25, 0.3) is 5.69 Å². The van der Waals surface area contributed by atoms with Crippen LogP contribution in [-0.4, -0.2) is 22.5 Å². The maximum Gasteiger partial charge on any atom is 0.265 e. The highest BCUT2D eigenvalue weighted by molar-refractivity contribution is 7.80. The highest BCUT2D eigenvalue weighted by Gasteiger charge is 2.38. The van der Waals surface area contributed by atoms with Crippen molar-refractivity contribution >= 4 is 46.2 Å².